The Bertz CT molecular complexity index is 1020. The highest BCUT2D eigenvalue weighted by Gasteiger charge is 2.27. The van der Waals surface area contributed by atoms with Crippen LogP contribution in [0, 0.1) is 0 Å². The summed E-state index contributed by atoms with van der Waals surface area (Å²) in [5.74, 6) is -0.290. The molecule has 29 heavy (non-hydrogen) atoms. The zero-order valence-electron chi connectivity index (χ0n) is 17.2. The van der Waals surface area contributed by atoms with Crippen molar-refractivity contribution in [3.8, 4) is 5.75 Å². The van der Waals surface area contributed by atoms with E-state index < -0.39 is 15.9 Å². The summed E-state index contributed by atoms with van der Waals surface area (Å²) in [5.41, 5.74) is 1.73. The topological polar surface area (TPSA) is 92.8 Å². The fraction of sp³-hybridized carbons (Fsp3) is 0.333. The number of sulfonamides is 1. The molecule has 0 saturated heterocycles. The van der Waals surface area contributed by atoms with E-state index in [1.165, 1.54) is 21.1 Å². The predicted molar refractivity (Wildman–Crippen MR) is 112 cm³/mol. The first-order valence-corrected chi connectivity index (χ1v) is 10.6. The van der Waals surface area contributed by atoms with E-state index in [1.54, 1.807) is 36.4 Å². The number of likely N-dealkylation sites (N-methyl/N-ethyl adjacent to an activating group) is 1. The molecule has 0 aromatic heterocycles. The number of anilines is 1. The summed E-state index contributed by atoms with van der Waals surface area (Å²) in [7, 11) is -1.22. The van der Waals surface area contributed by atoms with Gasteiger partial charge in [-0.05, 0) is 42.7 Å². The predicted octanol–water partition coefficient (Wildman–Crippen LogP) is 3.28. The zero-order valence-corrected chi connectivity index (χ0v) is 18.0. The van der Waals surface area contributed by atoms with Crippen molar-refractivity contribution in [2.24, 2.45) is 0 Å². The van der Waals surface area contributed by atoms with Crippen LogP contribution in [0.4, 0.5) is 5.69 Å². The van der Waals surface area contributed by atoms with Crippen LogP contribution >= 0.6 is 0 Å². The summed E-state index contributed by atoms with van der Waals surface area (Å²) < 4.78 is 32.3. The van der Waals surface area contributed by atoms with E-state index in [2.05, 4.69) is 5.32 Å². The average Bonchev–Trinajstić information content (AvgIpc) is 2.67. The van der Waals surface area contributed by atoms with Crippen LogP contribution in [0.3, 0.4) is 0 Å². The number of ketones is 1. The Morgan fingerprint density at radius 3 is 2.41 bits per heavy atom. The van der Waals surface area contributed by atoms with E-state index >= 15 is 0 Å². The van der Waals surface area contributed by atoms with Crippen LogP contribution in [-0.4, -0.2) is 45.1 Å². The molecule has 0 unspecified atom stereocenters. The summed E-state index contributed by atoms with van der Waals surface area (Å²) in [4.78, 5) is 23.9. The van der Waals surface area contributed by atoms with Crippen molar-refractivity contribution in [3.05, 3.63) is 53.6 Å². The van der Waals surface area contributed by atoms with Crippen molar-refractivity contribution in [2.45, 2.75) is 31.6 Å². The largest absolute Gasteiger partial charge is 0.495 e. The second-order valence-electron chi connectivity index (χ2n) is 7.01. The smallest absolute Gasteiger partial charge is 0.246 e. The molecule has 0 radical (unpaired) electrons. The van der Waals surface area contributed by atoms with Gasteiger partial charge in [0.15, 0.2) is 5.78 Å². The SMILES string of the molecule is COc1ccc(C(C)C)cc1S(=O)(=O)N(C)CC(=O)Nc1cccc(C(C)=O)c1. The number of hydrogen-bond acceptors (Lipinski definition) is 5. The molecule has 0 heterocycles. The molecule has 0 aliphatic rings. The molecule has 0 saturated carbocycles. The third-order valence-corrected chi connectivity index (χ3v) is 6.29. The molecule has 2 aromatic rings. The first-order chi connectivity index (χ1) is 13.6. The molecule has 0 bridgehead atoms. The van der Waals surface area contributed by atoms with Crippen molar-refractivity contribution >= 4 is 27.4 Å². The summed E-state index contributed by atoms with van der Waals surface area (Å²) in [5, 5.41) is 2.62. The molecule has 1 N–H and O–H groups in total. The number of carbonyl (C=O) groups is 2. The molecule has 2 rings (SSSR count). The Balaban J connectivity index is 2.22. The van der Waals surface area contributed by atoms with Gasteiger partial charge in [0, 0.05) is 18.3 Å². The van der Waals surface area contributed by atoms with Crippen molar-refractivity contribution in [1.82, 2.24) is 4.31 Å². The maximum atomic E-state index is 13.0. The van der Waals surface area contributed by atoms with E-state index in [1.807, 2.05) is 19.9 Å². The standard InChI is InChI=1S/C21H26N2O5S/c1-14(2)16-9-10-19(28-5)20(12-16)29(26,27)23(4)13-21(25)22-18-8-6-7-17(11-18)15(3)24/h6-12,14H,13H2,1-5H3,(H,22,25). The van der Waals surface area contributed by atoms with Crippen LogP contribution in [0.25, 0.3) is 0 Å². The van der Waals surface area contributed by atoms with E-state index in [0.29, 0.717) is 11.3 Å². The minimum Gasteiger partial charge on any atom is -0.495 e. The lowest BCUT2D eigenvalue weighted by Crippen LogP contribution is -2.35. The fourth-order valence-corrected chi connectivity index (χ4v) is 4.04. The second kappa shape index (κ2) is 9.19. The molecular formula is C21H26N2O5S. The highest BCUT2D eigenvalue weighted by molar-refractivity contribution is 7.89. The van der Waals surface area contributed by atoms with Gasteiger partial charge < -0.3 is 10.1 Å². The molecule has 1 amide bonds. The molecule has 0 aliphatic heterocycles. The van der Waals surface area contributed by atoms with E-state index in [0.717, 1.165) is 9.87 Å². The van der Waals surface area contributed by atoms with Gasteiger partial charge in [-0.2, -0.15) is 4.31 Å². The van der Waals surface area contributed by atoms with Gasteiger partial charge in [0.2, 0.25) is 15.9 Å². The monoisotopic (exact) mass is 418 g/mol. The number of rotatable bonds is 8. The van der Waals surface area contributed by atoms with Crippen LogP contribution in [0.1, 0.15) is 42.6 Å². The number of hydrogen-bond donors (Lipinski definition) is 1. The van der Waals surface area contributed by atoms with Crippen molar-refractivity contribution in [2.75, 3.05) is 26.0 Å². The number of Topliss-reactive ketones (excluding diaryl/α,β-unsaturated/α-hetero) is 1. The number of methoxy groups -OCH3 is 1. The van der Waals surface area contributed by atoms with Crippen LogP contribution in [0.5, 0.6) is 5.75 Å². The third kappa shape index (κ3) is 5.42. The van der Waals surface area contributed by atoms with Gasteiger partial charge >= 0.3 is 0 Å². The molecule has 0 fully saturated rings. The molecule has 0 aliphatic carbocycles. The lowest BCUT2D eigenvalue weighted by Gasteiger charge is -2.20. The van der Waals surface area contributed by atoms with Gasteiger partial charge in [0.1, 0.15) is 10.6 Å². The number of nitrogens with one attached hydrogen (secondary N) is 1. The zero-order chi connectivity index (χ0) is 21.8. The third-order valence-electron chi connectivity index (χ3n) is 4.46. The maximum Gasteiger partial charge on any atom is 0.246 e. The van der Waals surface area contributed by atoms with Gasteiger partial charge in [0.05, 0.1) is 13.7 Å². The second-order valence-corrected chi connectivity index (χ2v) is 9.02. The van der Waals surface area contributed by atoms with Gasteiger partial charge in [-0.25, -0.2) is 8.42 Å². The number of amides is 1. The Labute approximate surface area is 171 Å². The molecular weight excluding hydrogens is 392 g/mol. The average molecular weight is 419 g/mol. The fourth-order valence-electron chi connectivity index (χ4n) is 2.73. The van der Waals surface area contributed by atoms with E-state index in [9.17, 15) is 18.0 Å². The summed E-state index contributed by atoms with van der Waals surface area (Å²) >= 11 is 0. The van der Waals surface area contributed by atoms with Crippen LogP contribution < -0.4 is 10.1 Å². The highest BCUT2D eigenvalue weighted by Crippen LogP contribution is 2.29. The minimum atomic E-state index is -3.95. The molecule has 0 atom stereocenters. The van der Waals surface area contributed by atoms with Crippen molar-refractivity contribution in [1.29, 1.82) is 0 Å². The first-order valence-electron chi connectivity index (χ1n) is 9.11. The Hall–Kier alpha value is -2.71. The minimum absolute atomic E-state index is 0.0140. The molecule has 0 spiro atoms. The summed E-state index contributed by atoms with van der Waals surface area (Å²) in [6.07, 6.45) is 0. The van der Waals surface area contributed by atoms with Gasteiger partial charge in [-0.3, -0.25) is 9.59 Å². The normalized spacial score (nSPS) is 11.6. The maximum absolute atomic E-state index is 13.0. The molecule has 156 valence electrons. The van der Waals surface area contributed by atoms with Gasteiger partial charge in [-0.15, -0.1) is 0 Å². The first kappa shape index (κ1) is 22.6. The Kier molecular flexibility index (Phi) is 7.16. The Morgan fingerprint density at radius 2 is 1.83 bits per heavy atom. The highest BCUT2D eigenvalue weighted by atomic mass is 32.2. The van der Waals surface area contributed by atoms with Gasteiger partial charge in [0.25, 0.3) is 0 Å². The van der Waals surface area contributed by atoms with E-state index in [-0.39, 0.29) is 28.9 Å². The van der Waals surface area contributed by atoms with Gasteiger partial charge in [-0.1, -0.05) is 32.0 Å². The van der Waals surface area contributed by atoms with Crippen LogP contribution in [0.2, 0.25) is 0 Å². The molecule has 8 heteroatoms. The van der Waals surface area contributed by atoms with E-state index in [4.69, 9.17) is 4.74 Å². The number of nitrogens with zero attached hydrogens (tertiary/aromatic N) is 1. The summed E-state index contributed by atoms with van der Waals surface area (Å²) in [6, 6.07) is 11.5. The molecule has 7 nitrogen and oxygen atoms in total. The number of ether oxygens (including phenoxy) is 1. The van der Waals surface area contributed by atoms with Crippen LogP contribution in [0.15, 0.2) is 47.4 Å². The Morgan fingerprint density at radius 1 is 1.14 bits per heavy atom. The quantitative estimate of drug-likeness (QED) is 0.664. The number of carbonyl (C=O) groups excluding carboxylic acids is 2. The summed E-state index contributed by atoms with van der Waals surface area (Å²) in [6.45, 7) is 4.97. The van der Waals surface area contributed by atoms with Crippen molar-refractivity contribution in [3.63, 3.8) is 0 Å². The number of benzene rings is 2. The molecule has 2 aromatic carbocycles. The lowest BCUT2D eigenvalue weighted by molar-refractivity contribution is -0.116. The lowest BCUT2D eigenvalue weighted by atomic mass is 10.0. The van der Waals surface area contributed by atoms with Crippen LogP contribution in [-0.2, 0) is 14.8 Å². The van der Waals surface area contributed by atoms with Crippen molar-refractivity contribution < 1.29 is 22.7 Å².